The molecule has 9 unspecified atom stereocenters. The van der Waals surface area contributed by atoms with Gasteiger partial charge in [0.05, 0.1) is 7.11 Å². The Morgan fingerprint density at radius 3 is 1.58 bits per heavy atom. The Hall–Kier alpha value is -3.48. The van der Waals surface area contributed by atoms with Crippen LogP contribution in [-0.4, -0.2) is 31.3 Å². The van der Waals surface area contributed by atoms with Crippen LogP contribution in [0.3, 0.4) is 0 Å². The van der Waals surface area contributed by atoms with Gasteiger partial charge in [0.1, 0.15) is 5.75 Å². The fraction of sp³-hybridized carbons (Fsp3) is 0.538. The van der Waals surface area contributed by atoms with Crippen LogP contribution in [0.5, 0.6) is 5.75 Å². The van der Waals surface area contributed by atoms with Crippen LogP contribution in [-0.2, 0) is 39.9 Å². The van der Waals surface area contributed by atoms with Gasteiger partial charge in [0.2, 0.25) is 0 Å². The molecule has 4 aromatic rings. The minimum absolute atomic E-state index is 0.308. The number of methoxy groups -OCH3 is 1. The second kappa shape index (κ2) is 14.4. The van der Waals surface area contributed by atoms with E-state index in [1.807, 2.05) is 0 Å². The highest BCUT2D eigenvalue weighted by molar-refractivity contribution is 5.50. The summed E-state index contributed by atoms with van der Waals surface area (Å²) in [6.45, 7) is 7.04. The smallest absolute Gasteiger partial charge is 0.119 e. The van der Waals surface area contributed by atoms with Crippen LogP contribution in [0, 0.1) is 0 Å². The molecule has 4 saturated carbocycles. The summed E-state index contributed by atoms with van der Waals surface area (Å²) in [5.74, 6) is 1.69. The van der Waals surface area contributed by atoms with E-state index >= 15 is 0 Å². The van der Waals surface area contributed by atoms with Crippen LogP contribution in [0.2, 0.25) is 0 Å². The van der Waals surface area contributed by atoms with Gasteiger partial charge in [-0.05, 0) is 158 Å². The van der Waals surface area contributed by atoms with Crippen molar-refractivity contribution in [2.75, 3.05) is 7.11 Å². The van der Waals surface area contributed by atoms with E-state index in [0.717, 1.165) is 18.1 Å². The standard InChI is InChI=1S/C14H19N.C13H17NO.C13H17N.C12H15N/c1-13(2)7-8-14(9-12(14)15)11-6-4-3-5-10(11)13;1-15-10-5-4-9-3-2-6-13(8-12(13)14)11(9)7-10;1-9-6-7-13(8-12(13)14)11-5-3-2-4-10(9)11;13-11-8-12(11)7-3-5-9-4-1-2-6-10(9)12/h3-6,12H,7-9,15H2,1-2H3;4-5,7,12H,2-3,6,8,14H2,1H3;2-5,9,12H,6-8,14H2,1H3;1-2,4,6,11H,3,5,7-8,13H2. The van der Waals surface area contributed by atoms with Gasteiger partial charge in [-0.1, -0.05) is 99.6 Å². The van der Waals surface area contributed by atoms with Crippen molar-refractivity contribution in [3.63, 3.8) is 0 Å². The van der Waals surface area contributed by atoms with Crippen molar-refractivity contribution in [2.45, 2.75) is 168 Å². The summed E-state index contributed by atoms with van der Waals surface area (Å²) in [6.07, 6.45) is 17.6. The SMILES string of the molecule is CC1(C)CCC2(CC2N)c2ccccc21.CC1CCC2(CC2N)c2ccccc21.COc1ccc2c(c1)C1(CCC2)CC1N.NC1CC12CCCc1ccccc12. The van der Waals surface area contributed by atoms with Gasteiger partial charge in [-0.25, -0.2) is 0 Å². The average Bonchev–Trinajstić information content (AvgIpc) is 4.20. The third-order valence-corrected chi connectivity index (χ3v) is 16.5. The monoisotopic (exact) mass is 765 g/mol. The number of rotatable bonds is 1. The molecule has 12 rings (SSSR count). The number of nitrogens with two attached hydrogens (primary N) is 4. The first-order valence-corrected chi connectivity index (χ1v) is 22.4. The van der Waals surface area contributed by atoms with Gasteiger partial charge in [-0.15, -0.1) is 0 Å². The topological polar surface area (TPSA) is 113 Å². The summed E-state index contributed by atoms with van der Waals surface area (Å²) >= 11 is 0. The van der Waals surface area contributed by atoms with Gasteiger partial charge in [0.25, 0.3) is 0 Å². The van der Waals surface area contributed by atoms with Crippen LogP contribution < -0.4 is 27.7 Å². The summed E-state index contributed by atoms with van der Waals surface area (Å²) in [5.41, 5.74) is 38.3. The lowest BCUT2D eigenvalue weighted by Gasteiger charge is -2.37. The lowest BCUT2D eigenvalue weighted by Crippen LogP contribution is -2.32. The molecule has 4 fully saturated rings. The number of hydrogen-bond donors (Lipinski definition) is 4. The minimum atomic E-state index is 0.308. The summed E-state index contributed by atoms with van der Waals surface area (Å²) in [7, 11) is 1.73. The zero-order chi connectivity index (χ0) is 39.8. The highest BCUT2D eigenvalue weighted by Gasteiger charge is 2.58. The molecule has 0 saturated heterocycles. The number of benzene rings is 4. The van der Waals surface area contributed by atoms with Crippen molar-refractivity contribution >= 4 is 0 Å². The Morgan fingerprint density at radius 2 is 0.982 bits per heavy atom. The Balaban J connectivity index is 0.0000000990. The van der Waals surface area contributed by atoms with Crippen LogP contribution in [0.15, 0.2) is 91.0 Å². The van der Waals surface area contributed by atoms with Crippen molar-refractivity contribution in [1.29, 1.82) is 0 Å². The Kier molecular flexibility index (Phi) is 9.83. The summed E-state index contributed by atoms with van der Waals surface area (Å²) < 4.78 is 5.30. The Labute approximate surface area is 342 Å². The Morgan fingerprint density at radius 1 is 0.509 bits per heavy atom. The molecule has 8 aliphatic rings. The van der Waals surface area contributed by atoms with Gasteiger partial charge < -0.3 is 27.7 Å². The van der Waals surface area contributed by atoms with Gasteiger partial charge in [-0.3, -0.25) is 0 Å². The highest BCUT2D eigenvalue weighted by atomic mass is 16.5. The maximum absolute atomic E-state index is 6.14. The minimum Gasteiger partial charge on any atom is -0.497 e. The van der Waals surface area contributed by atoms with E-state index in [9.17, 15) is 0 Å². The molecule has 0 aromatic heterocycles. The number of ether oxygens (including phenoxy) is 1. The quantitative estimate of drug-likeness (QED) is 0.154. The molecule has 5 nitrogen and oxygen atoms in total. The van der Waals surface area contributed by atoms with Crippen molar-refractivity contribution in [3.05, 3.63) is 136 Å². The first kappa shape index (κ1) is 39.0. The molecular formula is C52H68N4O. The van der Waals surface area contributed by atoms with Crippen LogP contribution in [0.1, 0.15) is 148 Å². The molecule has 302 valence electrons. The molecule has 4 aromatic carbocycles. The maximum atomic E-state index is 6.14. The molecule has 0 amide bonds. The second-order valence-corrected chi connectivity index (χ2v) is 20.2. The molecule has 4 spiro atoms. The molecule has 0 radical (unpaired) electrons. The first-order chi connectivity index (χ1) is 27.4. The van der Waals surface area contributed by atoms with Crippen molar-refractivity contribution in [3.8, 4) is 5.75 Å². The van der Waals surface area contributed by atoms with Gasteiger partial charge in [0.15, 0.2) is 0 Å². The van der Waals surface area contributed by atoms with Gasteiger partial charge in [0, 0.05) is 45.8 Å². The third kappa shape index (κ3) is 6.69. The number of hydrogen-bond acceptors (Lipinski definition) is 5. The molecule has 0 heterocycles. The van der Waals surface area contributed by atoms with Crippen molar-refractivity contribution in [1.82, 2.24) is 0 Å². The van der Waals surface area contributed by atoms with Crippen LogP contribution >= 0.6 is 0 Å². The van der Waals surface area contributed by atoms with E-state index in [4.69, 9.17) is 27.7 Å². The van der Waals surface area contributed by atoms with Crippen LogP contribution in [0.4, 0.5) is 0 Å². The fourth-order valence-corrected chi connectivity index (χ4v) is 12.2. The Bertz CT molecular complexity index is 2130. The molecule has 8 aliphatic carbocycles. The summed E-state index contributed by atoms with van der Waals surface area (Å²) in [5, 5.41) is 0. The zero-order valence-corrected chi connectivity index (χ0v) is 35.2. The van der Waals surface area contributed by atoms with Crippen LogP contribution in [0.25, 0.3) is 0 Å². The van der Waals surface area contributed by atoms with E-state index < -0.39 is 0 Å². The molecule has 0 bridgehead atoms. The zero-order valence-electron chi connectivity index (χ0n) is 35.2. The van der Waals surface area contributed by atoms with E-state index in [-0.39, 0.29) is 0 Å². The highest BCUT2D eigenvalue weighted by Crippen LogP contribution is 2.59. The van der Waals surface area contributed by atoms with Gasteiger partial charge >= 0.3 is 0 Å². The summed E-state index contributed by atoms with van der Waals surface area (Å²) in [4.78, 5) is 0. The molecule has 8 N–H and O–H groups in total. The normalized spacial score (nSPS) is 36.0. The third-order valence-electron chi connectivity index (χ3n) is 16.5. The largest absolute Gasteiger partial charge is 0.497 e. The van der Waals surface area contributed by atoms with Crippen molar-refractivity contribution < 1.29 is 4.74 Å². The molecule has 9 atom stereocenters. The maximum Gasteiger partial charge on any atom is 0.119 e. The lowest BCUT2D eigenvalue weighted by atomic mass is 9.67. The molecule has 0 aliphatic heterocycles. The predicted molar refractivity (Wildman–Crippen MR) is 235 cm³/mol. The lowest BCUT2D eigenvalue weighted by molar-refractivity contribution is 0.377. The molecule has 57 heavy (non-hydrogen) atoms. The van der Waals surface area contributed by atoms with Crippen molar-refractivity contribution in [2.24, 2.45) is 22.9 Å². The van der Waals surface area contributed by atoms with Gasteiger partial charge in [-0.2, -0.15) is 0 Å². The first-order valence-electron chi connectivity index (χ1n) is 22.4. The van der Waals surface area contributed by atoms with E-state index in [1.54, 1.807) is 29.4 Å². The van der Waals surface area contributed by atoms with E-state index in [2.05, 4.69) is 112 Å². The second-order valence-electron chi connectivity index (χ2n) is 20.2. The predicted octanol–water partition coefficient (Wildman–Crippen LogP) is 9.27. The number of fused-ring (bicyclic) bond motifs is 8. The summed E-state index contributed by atoms with van der Waals surface area (Å²) in [6, 6.07) is 34.8. The van der Waals surface area contributed by atoms with E-state index in [0.29, 0.717) is 51.2 Å². The average molecular weight is 765 g/mol. The number of aryl methyl sites for hydroxylation is 2. The fourth-order valence-electron chi connectivity index (χ4n) is 12.2. The molecular weight excluding hydrogens is 697 g/mol. The molecule has 5 heteroatoms. The van der Waals surface area contributed by atoms with E-state index in [1.165, 1.54) is 106 Å².